The Morgan fingerprint density at radius 2 is 1.67 bits per heavy atom. The highest BCUT2D eigenvalue weighted by atomic mass is 35.5. The molecule has 0 spiro atoms. The highest BCUT2D eigenvalue weighted by Gasteiger charge is 2.18. The molecular formula is C19H16Cl2. The molecule has 0 amide bonds. The van der Waals surface area contributed by atoms with Crippen LogP contribution < -0.4 is 0 Å². The van der Waals surface area contributed by atoms with Crippen LogP contribution in [0, 0.1) is 13.8 Å². The van der Waals surface area contributed by atoms with Gasteiger partial charge >= 0.3 is 0 Å². The lowest BCUT2D eigenvalue weighted by Gasteiger charge is -2.18. The maximum Gasteiger partial charge on any atom is 0.0858 e. The van der Waals surface area contributed by atoms with E-state index in [-0.39, 0.29) is 5.38 Å². The lowest BCUT2D eigenvalue weighted by molar-refractivity contribution is 1.13. The first-order chi connectivity index (χ1) is 10.1. The summed E-state index contributed by atoms with van der Waals surface area (Å²) in [6.45, 7) is 4.13. The Bertz CT molecular complexity index is 806. The molecule has 3 aromatic carbocycles. The van der Waals surface area contributed by atoms with Crippen molar-refractivity contribution in [1.29, 1.82) is 0 Å². The molecule has 0 radical (unpaired) electrons. The van der Waals surface area contributed by atoms with E-state index in [1.807, 2.05) is 31.2 Å². The van der Waals surface area contributed by atoms with Crippen molar-refractivity contribution in [3.8, 4) is 0 Å². The highest BCUT2D eigenvalue weighted by molar-refractivity contribution is 6.33. The molecule has 0 aromatic heterocycles. The van der Waals surface area contributed by atoms with Crippen LogP contribution in [0.4, 0.5) is 0 Å². The Labute approximate surface area is 135 Å². The van der Waals surface area contributed by atoms with Crippen LogP contribution in [0.1, 0.15) is 27.6 Å². The lowest BCUT2D eigenvalue weighted by Crippen LogP contribution is -1.99. The molecule has 0 fully saturated rings. The zero-order valence-electron chi connectivity index (χ0n) is 12.0. The van der Waals surface area contributed by atoms with E-state index >= 15 is 0 Å². The summed E-state index contributed by atoms with van der Waals surface area (Å²) in [6, 6.07) is 18.6. The van der Waals surface area contributed by atoms with Crippen molar-refractivity contribution in [3.63, 3.8) is 0 Å². The predicted molar refractivity (Wildman–Crippen MR) is 92.6 cm³/mol. The van der Waals surface area contributed by atoms with Gasteiger partial charge in [-0.25, -0.2) is 0 Å². The van der Waals surface area contributed by atoms with Crippen molar-refractivity contribution in [3.05, 3.63) is 81.9 Å². The summed E-state index contributed by atoms with van der Waals surface area (Å²) in [7, 11) is 0. The van der Waals surface area contributed by atoms with E-state index in [4.69, 9.17) is 23.2 Å². The van der Waals surface area contributed by atoms with Crippen molar-refractivity contribution in [1.82, 2.24) is 0 Å². The minimum Gasteiger partial charge on any atom is -0.112 e. The third-order valence-corrected chi connectivity index (χ3v) is 4.65. The number of aryl methyl sites for hydroxylation is 2. The SMILES string of the molecule is Cc1ccc(C(Cl)c2c(C)ccc3ccccc23)c(Cl)c1. The molecule has 106 valence electrons. The standard InChI is InChI=1S/C19H16Cl2/c1-12-7-10-16(17(20)11-12)19(21)18-13(2)8-9-14-5-3-4-6-15(14)18/h3-11,19H,1-2H3. The van der Waals surface area contributed by atoms with Crippen molar-refractivity contribution >= 4 is 34.0 Å². The number of hydrogen-bond acceptors (Lipinski definition) is 0. The summed E-state index contributed by atoms with van der Waals surface area (Å²) in [5, 5.41) is 2.87. The average molecular weight is 315 g/mol. The number of hydrogen-bond donors (Lipinski definition) is 0. The largest absolute Gasteiger partial charge is 0.112 e. The van der Waals surface area contributed by atoms with E-state index < -0.39 is 0 Å². The van der Waals surface area contributed by atoms with Gasteiger partial charge in [0.2, 0.25) is 0 Å². The quantitative estimate of drug-likeness (QED) is 0.477. The van der Waals surface area contributed by atoms with Crippen molar-refractivity contribution < 1.29 is 0 Å². The normalized spacial score (nSPS) is 12.6. The van der Waals surface area contributed by atoms with Gasteiger partial charge < -0.3 is 0 Å². The van der Waals surface area contributed by atoms with Crippen molar-refractivity contribution in [2.24, 2.45) is 0 Å². The zero-order valence-corrected chi connectivity index (χ0v) is 13.5. The lowest BCUT2D eigenvalue weighted by atomic mass is 9.93. The summed E-state index contributed by atoms with van der Waals surface area (Å²) in [6.07, 6.45) is 0. The number of halogens is 2. The molecule has 0 aliphatic carbocycles. The maximum absolute atomic E-state index is 6.79. The van der Waals surface area contributed by atoms with E-state index in [9.17, 15) is 0 Å². The molecule has 0 saturated heterocycles. The molecule has 0 aliphatic rings. The van der Waals surface area contributed by atoms with Gasteiger partial charge in [0.25, 0.3) is 0 Å². The van der Waals surface area contributed by atoms with Crippen LogP contribution >= 0.6 is 23.2 Å². The van der Waals surface area contributed by atoms with Gasteiger partial charge in [0.1, 0.15) is 0 Å². The van der Waals surface area contributed by atoms with Crippen LogP contribution in [0.5, 0.6) is 0 Å². The fourth-order valence-corrected chi connectivity index (χ4v) is 3.61. The molecule has 0 N–H and O–H groups in total. The Hall–Kier alpha value is -1.50. The molecule has 3 rings (SSSR count). The summed E-state index contributed by atoms with van der Waals surface area (Å²) in [4.78, 5) is 0. The number of fused-ring (bicyclic) bond motifs is 1. The minimum atomic E-state index is -0.246. The molecule has 1 unspecified atom stereocenters. The summed E-state index contributed by atoms with van der Waals surface area (Å²) in [5.41, 5.74) is 4.43. The van der Waals surface area contributed by atoms with Crippen molar-refractivity contribution in [2.75, 3.05) is 0 Å². The predicted octanol–water partition coefficient (Wildman–Crippen LogP) is 6.44. The number of rotatable bonds is 2. The molecule has 0 heterocycles. The van der Waals surface area contributed by atoms with Gasteiger partial charge in [-0.2, -0.15) is 0 Å². The van der Waals surface area contributed by atoms with Gasteiger partial charge in [-0.05, 0) is 52.9 Å². The molecule has 2 heteroatoms. The second-order valence-electron chi connectivity index (χ2n) is 5.40. The second kappa shape index (κ2) is 5.71. The average Bonchev–Trinajstić information content (AvgIpc) is 2.46. The molecule has 0 aliphatic heterocycles. The smallest absolute Gasteiger partial charge is 0.0858 e. The van der Waals surface area contributed by atoms with E-state index in [1.54, 1.807) is 0 Å². The third-order valence-electron chi connectivity index (χ3n) is 3.87. The molecule has 0 nitrogen and oxygen atoms in total. The Balaban J connectivity index is 2.21. The third kappa shape index (κ3) is 2.66. The minimum absolute atomic E-state index is 0.246. The second-order valence-corrected chi connectivity index (χ2v) is 6.25. The fraction of sp³-hybridized carbons (Fsp3) is 0.158. The zero-order chi connectivity index (χ0) is 15.0. The van der Waals surface area contributed by atoms with E-state index in [2.05, 4.69) is 37.3 Å². The van der Waals surface area contributed by atoms with Crippen LogP contribution in [-0.4, -0.2) is 0 Å². The van der Waals surface area contributed by atoms with Gasteiger partial charge in [-0.1, -0.05) is 60.1 Å². The molecule has 3 aromatic rings. The van der Waals surface area contributed by atoms with Gasteiger partial charge in [-0.3, -0.25) is 0 Å². The molecule has 0 saturated carbocycles. The fourth-order valence-electron chi connectivity index (χ4n) is 2.73. The van der Waals surface area contributed by atoms with Crippen LogP contribution in [0.2, 0.25) is 5.02 Å². The topological polar surface area (TPSA) is 0 Å². The Morgan fingerprint density at radius 1 is 0.905 bits per heavy atom. The first-order valence-corrected chi connectivity index (χ1v) is 7.78. The first kappa shape index (κ1) is 14.4. The van der Waals surface area contributed by atoms with E-state index in [0.29, 0.717) is 0 Å². The number of benzene rings is 3. The van der Waals surface area contributed by atoms with E-state index in [1.165, 1.54) is 16.3 Å². The first-order valence-electron chi connectivity index (χ1n) is 6.96. The van der Waals surface area contributed by atoms with Gasteiger partial charge in [-0.15, -0.1) is 11.6 Å². The Morgan fingerprint density at radius 3 is 2.43 bits per heavy atom. The van der Waals surface area contributed by atoms with Crippen LogP contribution in [0.25, 0.3) is 10.8 Å². The van der Waals surface area contributed by atoms with Crippen LogP contribution in [0.3, 0.4) is 0 Å². The van der Waals surface area contributed by atoms with Crippen molar-refractivity contribution in [2.45, 2.75) is 19.2 Å². The van der Waals surface area contributed by atoms with E-state index in [0.717, 1.165) is 21.7 Å². The molecule has 0 bridgehead atoms. The number of alkyl halides is 1. The van der Waals surface area contributed by atoms with Gasteiger partial charge in [0.05, 0.1) is 5.38 Å². The molecular weight excluding hydrogens is 299 g/mol. The summed E-state index contributed by atoms with van der Waals surface area (Å²) < 4.78 is 0. The monoisotopic (exact) mass is 314 g/mol. The Kier molecular flexibility index (Phi) is 3.93. The molecule has 1 atom stereocenters. The highest BCUT2D eigenvalue weighted by Crippen LogP contribution is 2.39. The van der Waals surface area contributed by atoms with Gasteiger partial charge in [0.15, 0.2) is 0 Å². The van der Waals surface area contributed by atoms with Crippen LogP contribution in [-0.2, 0) is 0 Å². The summed E-state index contributed by atoms with van der Waals surface area (Å²) in [5.74, 6) is 0. The van der Waals surface area contributed by atoms with Gasteiger partial charge in [0, 0.05) is 5.02 Å². The summed E-state index contributed by atoms with van der Waals surface area (Å²) >= 11 is 13.2. The molecule has 21 heavy (non-hydrogen) atoms. The maximum atomic E-state index is 6.79. The van der Waals surface area contributed by atoms with Crippen LogP contribution in [0.15, 0.2) is 54.6 Å².